The number of carbonyl (C=O) groups excluding carboxylic acids is 1. The van der Waals surface area contributed by atoms with E-state index in [2.05, 4.69) is 15.3 Å². The smallest absolute Gasteiger partial charge is 0.256 e. The van der Waals surface area contributed by atoms with Crippen LogP contribution in [0.15, 0.2) is 30.6 Å². The first kappa shape index (κ1) is 16.6. The van der Waals surface area contributed by atoms with Crippen molar-refractivity contribution in [1.29, 1.82) is 0 Å². The van der Waals surface area contributed by atoms with Crippen molar-refractivity contribution in [3.8, 4) is 11.5 Å². The van der Waals surface area contributed by atoms with Crippen LogP contribution in [0, 0.1) is 0 Å². The van der Waals surface area contributed by atoms with Crippen LogP contribution < -0.4 is 14.8 Å². The zero-order valence-corrected chi connectivity index (χ0v) is 14.6. The Kier molecular flexibility index (Phi) is 4.86. The first-order valence-electron chi connectivity index (χ1n) is 9.07. The molecule has 1 saturated heterocycles. The first-order chi connectivity index (χ1) is 12.8. The highest BCUT2D eigenvalue weighted by atomic mass is 16.6. The molecule has 2 aliphatic rings. The molecule has 7 nitrogen and oxygen atoms in total. The van der Waals surface area contributed by atoms with Gasteiger partial charge in [-0.3, -0.25) is 4.79 Å². The van der Waals surface area contributed by atoms with E-state index in [9.17, 15) is 4.79 Å². The van der Waals surface area contributed by atoms with Crippen LogP contribution in [0.1, 0.15) is 36.0 Å². The van der Waals surface area contributed by atoms with Gasteiger partial charge in [-0.2, -0.15) is 0 Å². The maximum Gasteiger partial charge on any atom is 0.256 e. The third-order valence-corrected chi connectivity index (χ3v) is 4.59. The minimum absolute atomic E-state index is 0.0118. The zero-order chi connectivity index (χ0) is 17.8. The van der Waals surface area contributed by atoms with Gasteiger partial charge in [0.2, 0.25) is 5.95 Å². The number of aromatic nitrogens is 2. The van der Waals surface area contributed by atoms with Crippen molar-refractivity contribution in [3.63, 3.8) is 0 Å². The number of nitrogens with one attached hydrogen (secondary N) is 1. The number of amides is 1. The van der Waals surface area contributed by atoms with Gasteiger partial charge in [-0.15, -0.1) is 0 Å². The molecule has 0 unspecified atom stereocenters. The van der Waals surface area contributed by atoms with Gasteiger partial charge in [-0.05, 0) is 25.0 Å². The highest BCUT2D eigenvalue weighted by Crippen LogP contribution is 2.33. The molecule has 1 aromatic heterocycles. The number of benzene rings is 1. The summed E-state index contributed by atoms with van der Waals surface area (Å²) in [7, 11) is 0. The molecule has 136 valence electrons. The van der Waals surface area contributed by atoms with E-state index >= 15 is 0 Å². The summed E-state index contributed by atoms with van der Waals surface area (Å²) in [6.45, 7) is 2.74. The summed E-state index contributed by atoms with van der Waals surface area (Å²) in [5.74, 6) is 1.89. The molecule has 7 heteroatoms. The molecule has 0 atom stereocenters. The van der Waals surface area contributed by atoms with Gasteiger partial charge >= 0.3 is 0 Å². The van der Waals surface area contributed by atoms with E-state index in [-0.39, 0.29) is 5.91 Å². The van der Waals surface area contributed by atoms with Crippen LogP contribution in [-0.4, -0.2) is 47.1 Å². The molecule has 2 aromatic rings. The number of nitrogens with zero attached hydrogens (tertiary/aromatic N) is 3. The lowest BCUT2D eigenvalue weighted by Gasteiger charge is -2.20. The number of hydrogen-bond acceptors (Lipinski definition) is 6. The van der Waals surface area contributed by atoms with Crippen molar-refractivity contribution in [2.24, 2.45) is 0 Å². The van der Waals surface area contributed by atoms with Gasteiger partial charge in [0.15, 0.2) is 11.5 Å². The number of ether oxygens (including phenoxy) is 2. The molecular weight excluding hydrogens is 332 g/mol. The molecule has 0 spiro atoms. The van der Waals surface area contributed by atoms with Crippen LogP contribution in [-0.2, 0) is 0 Å². The van der Waals surface area contributed by atoms with Crippen molar-refractivity contribution in [3.05, 3.63) is 36.2 Å². The molecule has 26 heavy (non-hydrogen) atoms. The van der Waals surface area contributed by atoms with E-state index in [4.69, 9.17) is 9.47 Å². The molecular formula is C19H22N4O3. The van der Waals surface area contributed by atoms with Gasteiger partial charge in [-0.25, -0.2) is 9.97 Å². The fourth-order valence-corrected chi connectivity index (χ4v) is 3.21. The summed E-state index contributed by atoms with van der Waals surface area (Å²) in [4.78, 5) is 23.0. The molecule has 1 N–H and O–H groups in total. The molecule has 1 fully saturated rings. The second-order valence-electron chi connectivity index (χ2n) is 6.49. The summed E-state index contributed by atoms with van der Waals surface area (Å²) < 4.78 is 11.1. The fraction of sp³-hybridized carbons (Fsp3) is 0.421. The van der Waals surface area contributed by atoms with Crippen molar-refractivity contribution >= 4 is 17.5 Å². The average Bonchev–Trinajstić information content (AvgIpc) is 2.97. The van der Waals surface area contributed by atoms with Crippen LogP contribution in [0.5, 0.6) is 11.5 Å². The number of anilines is 2. The quantitative estimate of drug-likeness (QED) is 0.913. The topological polar surface area (TPSA) is 76.6 Å². The molecule has 0 bridgehead atoms. The Morgan fingerprint density at radius 1 is 0.962 bits per heavy atom. The molecule has 1 amide bonds. The Morgan fingerprint density at radius 2 is 1.65 bits per heavy atom. The number of likely N-dealkylation sites (tertiary alicyclic amines) is 1. The van der Waals surface area contributed by atoms with Crippen LogP contribution in [0.2, 0.25) is 0 Å². The van der Waals surface area contributed by atoms with E-state index in [0.29, 0.717) is 30.5 Å². The van der Waals surface area contributed by atoms with E-state index in [1.54, 1.807) is 12.4 Å². The fourth-order valence-electron chi connectivity index (χ4n) is 3.21. The summed E-state index contributed by atoms with van der Waals surface area (Å²) in [5.41, 5.74) is 1.33. The maximum absolute atomic E-state index is 12.6. The van der Waals surface area contributed by atoms with Gasteiger partial charge in [0.25, 0.3) is 5.91 Å². The molecule has 4 rings (SSSR count). The lowest BCUT2D eigenvalue weighted by molar-refractivity contribution is 0.0761. The molecule has 0 aliphatic carbocycles. The maximum atomic E-state index is 12.6. The standard InChI is InChI=1S/C19H22N4O3/c24-18(23-7-3-1-2-4-8-23)14-12-20-19(21-13-14)22-15-5-6-16-17(11-15)26-10-9-25-16/h5-6,11-13H,1-4,7-10H2,(H,20,21,22). The van der Waals surface area contributed by atoms with Crippen molar-refractivity contribution < 1.29 is 14.3 Å². The number of hydrogen-bond donors (Lipinski definition) is 1. The van der Waals surface area contributed by atoms with Gasteiger partial charge in [0, 0.05) is 37.2 Å². The van der Waals surface area contributed by atoms with Crippen molar-refractivity contribution in [2.75, 3.05) is 31.6 Å². The highest BCUT2D eigenvalue weighted by molar-refractivity contribution is 5.93. The zero-order valence-electron chi connectivity index (χ0n) is 14.6. The predicted octanol–water partition coefficient (Wildman–Crippen LogP) is 3.01. The average molecular weight is 354 g/mol. The van der Waals surface area contributed by atoms with Crippen molar-refractivity contribution in [1.82, 2.24) is 14.9 Å². The number of rotatable bonds is 3. The highest BCUT2D eigenvalue weighted by Gasteiger charge is 2.18. The van der Waals surface area contributed by atoms with Crippen LogP contribution >= 0.6 is 0 Å². The van der Waals surface area contributed by atoms with Crippen LogP contribution in [0.4, 0.5) is 11.6 Å². The summed E-state index contributed by atoms with van der Waals surface area (Å²) in [5, 5.41) is 3.13. The van der Waals surface area contributed by atoms with Gasteiger partial charge in [0.1, 0.15) is 13.2 Å². The van der Waals surface area contributed by atoms with Gasteiger partial charge in [-0.1, -0.05) is 12.8 Å². The number of carbonyl (C=O) groups is 1. The van der Waals surface area contributed by atoms with Crippen LogP contribution in [0.25, 0.3) is 0 Å². The summed E-state index contributed by atoms with van der Waals surface area (Å²) in [6, 6.07) is 5.59. The minimum atomic E-state index is 0.0118. The second kappa shape index (κ2) is 7.59. The number of fused-ring (bicyclic) bond motifs is 1. The molecule has 3 heterocycles. The van der Waals surface area contributed by atoms with E-state index in [0.717, 1.165) is 37.4 Å². The Hall–Kier alpha value is -2.83. The SMILES string of the molecule is O=C(c1cnc(Nc2ccc3c(c2)OCCO3)nc1)N1CCCCCC1. The summed E-state index contributed by atoms with van der Waals surface area (Å²) >= 11 is 0. The van der Waals surface area contributed by atoms with E-state index in [1.807, 2.05) is 23.1 Å². The van der Waals surface area contributed by atoms with E-state index in [1.165, 1.54) is 12.8 Å². The molecule has 1 aromatic carbocycles. The summed E-state index contributed by atoms with van der Waals surface area (Å²) in [6.07, 6.45) is 7.69. The monoisotopic (exact) mass is 354 g/mol. The Labute approximate surface area is 152 Å². The third kappa shape index (κ3) is 3.71. The Balaban J connectivity index is 1.43. The normalized spacial score (nSPS) is 16.7. The van der Waals surface area contributed by atoms with Gasteiger partial charge < -0.3 is 19.7 Å². The third-order valence-electron chi connectivity index (χ3n) is 4.59. The lowest BCUT2D eigenvalue weighted by Crippen LogP contribution is -2.32. The molecule has 0 saturated carbocycles. The second-order valence-corrected chi connectivity index (χ2v) is 6.49. The van der Waals surface area contributed by atoms with Crippen molar-refractivity contribution in [2.45, 2.75) is 25.7 Å². The molecule has 2 aliphatic heterocycles. The van der Waals surface area contributed by atoms with E-state index < -0.39 is 0 Å². The Morgan fingerprint density at radius 3 is 2.38 bits per heavy atom. The Bertz CT molecular complexity index is 771. The van der Waals surface area contributed by atoms with Gasteiger partial charge in [0.05, 0.1) is 5.56 Å². The van der Waals surface area contributed by atoms with Crippen LogP contribution in [0.3, 0.4) is 0 Å². The minimum Gasteiger partial charge on any atom is -0.486 e. The largest absolute Gasteiger partial charge is 0.486 e. The molecule has 0 radical (unpaired) electrons. The first-order valence-corrected chi connectivity index (χ1v) is 9.07. The predicted molar refractivity (Wildman–Crippen MR) is 97.1 cm³/mol. The lowest BCUT2D eigenvalue weighted by atomic mass is 10.2.